The molecule has 0 unspecified atom stereocenters. The molecule has 2 saturated carbocycles. The van der Waals surface area contributed by atoms with Gasteiger partial charge in [-0.2, -0.15) is 0 Å². The molecule has 2 nitrogen and oxygen atoms in total. The molecule has 1 heterocycles. The van der Waals surface area contributed by atoms with Crippen LogP contribution in [0, 0.1) is 17.8 Å². The number of rotatable bonds is 9. The van der Waals surface area contributed by atoms with Crippen LogP contribution in [0.1, 0.15) is 114 Å². The first kappa shape index (κ1) is 23.5. The molecule has 0 atom stereocenters. The highest BCUT2D eigenvalue weighted by atomic mass is 14.9. The van der Waals surface area contributed by atoms with Crippen LogP contribution in [0.15, 0.2) is 36.7 Å². The normalized spacial score (nSPS) is 26.2. The Labute approximate surface area is 196 Å². The summed E-state index contributed by atoms with van der Waals surface area (Å²) in [5.41, 5.74) is 3.89. The van der Waals surface area contributed by atoms with Gasteiger partial charge in [-0.15, -0.1) is 0 Å². The lowest BCUT2D eigenvalue weighted by Crippen LogP contribution is -2.25. The zero-order valence-corrected chi connectivity index (χ0v) is 20.6. The van der Waals surface area contributed by atoms with Crippen LogP contribution in [0.3, 0.4) is 0 Å². The molecule has 2 aromatic rings. The molecular weight excluding hydrogens is 388 g/mol. The average molecular weight is 433 g/mol. The predicted molar refractivity (Wildman–Crippen MR) is 136 cm³/mol. The average Bonchev–Trinajstić information content (AvgIpc) is 2.86. The van der Waals surface area contributed by atoms with Gasteiger partial charge in [-0.1, -0.05) is 83.1 Å². The van der Waals surface area contributed by atoms with Gasteiger partial charge < -0.3 is 0 Å². The highest BCUT2D eigenvalue weighted by Crippen LogP contribution is 2.44. The molecule has 2 heteroatoms. The van der Waals surface area contributed by atoms with E-state index < -0.39 is 0 Å². The third-order valence-corrected chi connectivity index (χ3v) is 8.43. The topological polar surface area (TPSA) is 25.8 Å². The third-order valence-electron chi connectivity index (χ3n) is 8.43. The van der Waals surface area contributed by atoms with Crippen LogP contribution in [0.4, 0.5) is 0 Å². The molecule has 0 spiro atoms. The fraction of sp³-hybridized carbons (Fsp3) is 0.667. The Bertz CT molecular complexity index is 779. The van der Waals surface area contributed by atoms with Crippen molar-refractivity contribution >= 4 is 0 Å². The third kappa shape index (κ3) is 6.21. The fourth-order valence-electron chi connectivity index (χ4n) is 6.38. The molecule has 1 aromatic heterocycles. The van der Waals surface area contributed by atoms with Gasteiger partial charge in [0.25, 0.3) is 0 Å². The van der Waals surface area contributed by atoms with Crippen LogP contribution in [-0.2, 0) is 6.42 Å². The van der Waals surface area contributed by atoms with E-state index in [1.807, 2.05) is 12.4 Å². The van der Waals surface area contributed by atoms with E-state index in [2.05, 4.69) is 48.1 Å². The summed E-state index contributed by atoms with van der Waals surface area (Å²) in [7, 11) is 0. The second kappa shape index (κ2) is 12.0. The van der Waals surface area contributed by atoms with E-state index >= 15 is 0 Å². The monoisotopic (exact) mass is 432 g/mol. The molecule has 2 fully saturated rings. The first-order valence-corrected chi connectivity index (χ1v) is 13.7. The zero-order chi connectivity index (χ0) is 22.2. The van der Waals surface area contributed by atoms with Gasteiger partial charge in [0.15, 0.2) is 5.82 Å². The number of nitrogens with zero attached hydrogens (tertiary/aromatic N) is 2. The smallest absolute Gasteiger partial charge is 0.159 e. The maximum absolute atomic E-state index is 4.59. The standard InChI is InChI=1S/C30H44N2/c1-3-5-6-8-23-9-11-25(12-10-23)26-13-15-27(16-14-26)28-17-19-29(20-18-28)30-31-21-24(7-4-2)22-32-30/h17-23,25-27H,3-16H2,1-2H3. The summed E-state index contributed by atoms with van der Waals surface area (Å²) < 4.78 is 0. The second-order valence-electron chi connectivity index (χ2n) is 10.7. The van der Waals surface area contributed by atoms with Crippen molar-refractivity contribution in [1.29, 1.82) is 0 Å². The van der Waals surface area contributed by atoms with E-state index in [1.165, 1.54) is 88.2 Å². The largest absolute Gasteiger partial charge is 0.236 e. The number of aryl methyl sites for hydroxylation is 1. The summed E-state index contributed by atoms with van der Waals surface area (Å²) in [5, 5.41) is 0. The lowest BCUT2D eigenvalue weighted by molar-refractivity contribution is 0.155. The van der Waals surface area contributed by atoms with Crippen LogP contribution < -0.4 is 0 Å². The van der Waals surface area contributed by atoms with Gasteiger partial charge in [0, 0.05) is 18.0 Å². The summed E-state index contributed by atoms with van der Waals surface area (Å²) >= 11 is 0. The van der Waals surface area contributed by atoms with Crippen molar-refractivity contribution in [3.63, 3.8) is 0 Å². The number of hydrogen-bond acceptors (Lipinski definition) is 2. The van der Waals surface area contributed by atoms with E-state index in [0.717, 1.165) is 47.9 Å². The number of unbranched alkanes of at least 4 members (excludes halogenated alkanes) is 2. The van der Waals surface area contributed by atoms with E-state index in [9.17, 15) is 0 Å². The highest BCUT2D eigenvalue weighted by Gasteiger charge is 2.31. The van der Waals surface area contributed by atoms with E-state index in [1.54, 1.807) is 0 Å². The summed E-state index contributed by atoms with van der Waals surface area (Å²) in [6, 6.07) is 9.14. The summed E-state index contributed by atoms with van der Waals surface area (Å²) in [6.07, 6.45) is 23.6. The Morgan fingerprint density at radius 3 is 1.94 bits per heavy atom. The van der Waals surface area contributed by atoms with E-state index in [-0.39, 0.29) is 0 Å². The molecule has 2 aliphatic carbocycles. The summed E-state index contributed by atoms with van der Waals surface area (Å²) in [6.45, 7) is 4.52. The molecule has 174 valence electrons. The molecule has 2 aliphatic rings. The van der Waals surface area contributed by atoms with Crippen LogP contribution in [0.5, 0.6) is 0 Å². The van der Waals surface area contributed by atoms with Crippen LogP contribution in [0.25, 0.3) is 11.4 Å². The first-order chi connectivity index (χ1) is 15.8. The maximum atomic E-state index is 4.59. The summed E-state index contributed by atoms with van der Waals surface area (Å²) in [5.74, 6) is 4.66. The quantitative estimate of drug-likeness (QED) is 0.370. The molecule has 1 aromatic carbocycles. The van der Waals surface area contributed by atoms with Gasteiger partial charge in [0.2, 0.25) is 0 Å². The van der Waals surface area contributed by atoms with Crippen molar-refractivity contribution in [2.24, 2.45) is 17.8 Å². The Balaban J connectivity index is 1.24. The maximum Gasteiger partial charge on any atom is 0.159 e. The molecular formula is C30H44N2. The lowest BCUT2D eigenvalue weighted by atomic mass is 9.68. The minimum Gasteiger partial charge on any atom is -0.236 e. The number of hydrogen-bond donors (Lipinski definition) is 0. The second-order valence-corrected chi connectivity index (χ2v) is 10.7. The molecule has 0 amide bonds. The van der Waals surface area contributed by atoms with Crippen molar-refractivity contribution in [3.05, 3.63) is 47.8 Å². The molecule has 32 heavy (non-hydrogen) atoms. The van der Waals surface area contributed by atoms with Crippen molar-refractivity contribution in [2.45, 2.75) is 110 Å². The minimum absolute atomic E-state index is 0.749. The van der Waals surface area contributed by atoms with E-state index in [4.69, 9.17) is 0 Å². The molecule has 0 bridgehead atoms. The van der Waals surface area contributed by atoms with Gasteiger partial charge in [-0.25, -0.2) is 9.97 Å². The molecule has 4 rings (SSSR count). The molecule has 0 saturated heterocycles. The van der Waals surface area contributed by atoms with E-state index in [0.29, 0.717) is 0 Å². The molecule has 0 radical (unpaired) electrons. The summed E-state index contributed by atoms with van der Waals surface area (Å²) in [4.78, 5) is 9.17. The highest BCUT2D eigenvalue weighted by molar-refractivity contribution is 5.55. The van der Waals surface area contributed by atoms with Crippen molar-refractivity contribution in [2.75, 3.05) is 0 Å². The Kier molecular flexibility index (Phi) is 8.77. The Hall–Kier alpha value is -1.70. The Morgan fingerprint density at radius 1 is 0.719 bits per heavy atom. The van der Waals surface area contributed by atoms with Crippen molar-refractivity contribution in [1.82, 2.24) is 9.97 Å². The van der Waals surface area contributed by atoms with Crippen LogP contribution in [-0.4, -0.2) is 9.97 Å². The SMILES string of the molecule is CCCCCC1CCC(C2CCC(c3ccc(-c4ncc(CCC)cn4)cc3)CC2)CC1. The van der Waals surface area contributed by atoms with Crippen molar-refractivity contribution < 1.29 is 0 Å². The predicted octanol–water partition coefficient (Wildman–Crippen LogP) is 8.76. The van der Waals surface area contributed by atoms with Crippen molar-refractivity contribution in [3.8, 4) is 11.4 Å². The van der Waals surface area contributed by atoms with Gasteiger partial charge in [0.1, 0.15) is 0 Å². The number of aromatic nitrogens is 2. The fourth-order valence-corrected chi connectivity index (χ4v) is 6.38. The van der Waals surface area contributed by atoms with Crippen LogP contribution in [0.2, 0.25) is 0 Å². The minimum atomic E-state index is 0.749. The Morgan fingerprint density at radius 2 is 1.34 bits per heavy atom. The molecule has 0 N–H and O–H groups in total. The van der Waals surface area contributed by atoms with Gasteiger partial charge >= 0.3 is 0 Å². The number of benzene rings is 1. The lowest BCUT2D eigenvalue weighted by Gasteiger charge is -2.38. The zero-order valence-electron chi connectivity index (χ0n) is 20.6. The van der Waals surface area contributed by atoms with Gasteiger partial charge in [-0.3, -0.25) is 0 Å². The first-order valence-electron chi connectivity index (χ1n) is 13.7. The molecule has 0 aliphatic heterocycles. The van der Waals surface area contributed by atoms with Gasteiger partial charge in [0.05, 0.1) is 0 Å². The van der Waals surface area contributed by atoms with Gasteiger partial charge in [-0.05, 0) is 79.7 Å². The van der Waals surface area contributed by atoms with Crippen LogP contribution >= 0.6 is 0 Å².